The fourth-order valence-corrected chi connectivity index (χ4v) is 3.75. The number of fused-ring (bicyclic) bond motifs is 1. The van der Waals surface area contributed by atoms with Gasteiger partial charge in [0, 0.05) is 6.04 Å². The van der Waals surface area contributed by atoms with Crippen molar-refractivity contribution in [3.8, 4) is 16.3 Å². The van der Waals surface area contributed by atoms with Gasteiger partial charge in [-0.15, -0.1) is 16.4 Å². The molecule has 7 heteroatoms. The van der Waals surface area contributed by atoms with Crippen LogP contribution in [0.4, 0.5) is 11.8 Å². The molecule has 0 spiro atoms. The Labute approximate surface area is 154 Å². The van der Waals surface area contributed by atoms with Crippen LogP contribution in [0.15, 0.2) is 41.8 Å². The molecule has 3 heterocycles. The predicted octanol–water partition coefficient (Wildman–Crippen LogP) is 4.01. The van der Waals surface area contributed by atoms with E-state index in [0.717, 1.165) is 40.0 Å². The summed E-state index contributed by atoms with van der Waals surface area (Å²) in [4.78, 5) is 10.5. The molecule has 3 aromatic heterocycles. The molecule has 0 bridgehead atoms. The summed E-state index contributed by atoms with van der Waals surface area (Å²) < 4.78 is 1.75. The molecule has 0 unspecified atom stereocenters. The molecule has 5 rings (SSSR count). The Hall–Kier alpha value is -2.93. The number of aromatic nitrogens is 4. The van der Waals surface area contributed by atoms with E-state index in [4.69, 9.17) is 10.7 Å². The molecule has 6 nitrogen and oxygen atoms in total. The monoisotopic (exact) mass is 362 g/mol. The summed E-state index contributed by atoms with van der Waals surface area (Å²) in [6, 6.07) is 12.7. The van der Waals surface area contributed by atoms with Crippen molar-refractivity contribution in [2.75, 3.05) is 11.1 Å². The molecular formula is C19H18N6S. The summed E-state index contributed by atoms with van der Waals surface area (Å²) in [6.45, 7) is 2.05. The van der Waals surface area contributed by atoms with E-state index in [1.165, 1.54) is 0 Å². The number of hydrogen-bond acceptors (Lipinski definition) is 6. The Morgan fingerprint density at radius 2 is 2.08 bits per heavy atom. The Kier molecular flexibility index (Phi) is 3.43. The molecule has 0 atom stereocenters. The number of nitrogens with two attached hydrogens (primary N) is 1. The van der Waals surface area contributed by atoms with Crippen LogP contribution in [-0.4, -0.2) is 25.8 Å². The van der Waals surface area contributed by atoms with Crippen LogP contribution in [0, 0.1) is 6.92 Å². The van der Waals surface area contributed by atoms with Gasteiger partial charge in [-0.25, -0.2) is 9.67 Å². The standard InChI is InChI=1S/C19H18N6S/c1-11-4-2-5-13(10-11)25-17(20)15-16(14-6-3-9-26-14)22-19(21-12-7-8-12)23-18(15)24-25/h2-6,9-10,12H,7-8,20H2,1H3,(H,21,23,24). The SMILES string of the molecule is Cc1cccc(-n2nc3nc(NC4CC4)nc(-c4cccs4)c3c2N)c1. The maximum Gasteiger partial charge on any atom is 0.225 e. The van der Waals surface area contributed by atoms with Crippen molar-refractivity contribution in [2.24, 2.45) is 0 Å². The Bertz CT molecular complexity index is 1090. The second kappa shape index (κ2) is 5.81. The summed E-state index contributed by atoms with van der Waals surface area (Å²) in [6.07, 6.45) is 2.32. The lowest BCUT2D eigenvalue weighted by Gasteiger charge is -2.06. The minimum atomic E-state index is 0.472. The van der Waals surface area contributed by atoms with Crippen LogP contribution in [-0.2, 0) is 0 Å². The van der Waals surface area contributed by atoms with Crippen molar-refractivity contribution in [1.82, 2.24) is 19.7 Å². The molecule has 0 radical (unpaired) electrons. The number of hydrogen-bond donors (Lipinski definition) is 2. The summed E-state index contributed by atoms with van der Waals surface area (Å²) >= 11 is 1.64. The highest BCUT2D eigenvalue weighted by Crippen LogP contribution is 2.35. The first-order valence-electron chi connectivity index (χ1n) is 8.63. The summed E-state index contributed by atoms with van der Waals surface area (Å²) in [5, 5.41) is 10.9. The van der Waals surface area contributed by atoms with Crippen LogP contribution in [0.5, 0.6) is 0 Å². The third-order valence-corrected chi connectivity index (χ3v) is 5.36. The second-order valence-electron chi connectivity index (χ2n) is 6.63. The van der Waals surface area contributed by atoms with Crippen LogP contribution in [0.3, 0.4) is 0 Å². The first-order valence-corrected chi connectivity index (χ1v) is 9.51. The van der Waals surface area contributed by atoms with E-state index >= 15 is 0 Å². The molecule has 0 aliphatic heterocycles. The number of rotatable bonds is 4. The van der Waals surface area contributed by atoms with Gasteiger partial charge in [-0.05, 0) is 48.9 Å². The van der Waals surface area contributed by atoms with E-state index in [1.54, 1.807) is 16.0 Å². The van der Waals surface area contributed by atoms with Crippen molar-refractivity contribution in [2.45, 2.75) is 25.8 Å². The lowest BCUT2D eigenvalue weighted by molar-refractivity contribution is 0.897. The van der Waals surface area contributed by atoms with Gasteiger partial charge in [-0.3, -0.25) is 0 Å². The van der Waals surface area contributed by atoms with Gasteiger partial charge < -0.3 is 11.1 Å². The van der Waals surface area contributed by atoms with E-state index in [9.17, 15) is 0 Å². The maximum atomic E-state index is 6.50. The van der Waals surface area contributed by atoms with Gasteiger partial charge in [0.1, 0.15) is 5.82 Å². The van der Waals surface area contributed by atoms with Crippen LogP contribution >= 0.6 is 11.3 Å². The molecule has 3 N–H and O–H groups in total. The van der Waals surface area contributed by atoms with Crippen LogP contribution < -0.4 is 11.1 Å². The molecule has 0 amide bonds. The molecule has 0 saturated heterocycles. The number of benzene rings is 1. The van der Waals surface area contributed by atoms with Crippen LogP contribution in [0.2, 0.25) is 0 Å². The number of nitrogens with zero attached hydrogens (tertiary/aromatic N) is 4. The van der Waals surface area contributed by atoms with Gasteiger partial charge in [-0.1, -0.05) is 18.2 Å². The average Bonchev–Trinajstić information content (AvgIpc) is 3.16. The second-order valence-corrected chi connectivity index (χ2v) is 7.57. The minimum Gasteiger partial charge on any atom is -0.383 e. The maximum absolute atomic E-state index is 6.50. The molecule has 4 aromatic rings. The Morgan fingerprint density at radius 3 is 2.81 bits per heavy atom. The topological polar surface area (TPSA) is 81.7 Å². The zero-order chi connectivity index (χ0) is 17.7. The highest BCUT2D eigenvalue weighted by Gasteiger charge is 2.24. The molecule has 26 heavy (non-hydrogen) atoms. The van der Waals surface area contributed by atoms with Crippen molar-refractivity contribution < 1.29 is 0 Å². The normalized spacial score (nSPS) is 14.0. The van der Waals surface area contributed by atoms with Gasteiger partial charge in [0.2, 0.25) is 5.95 Å². The van der Waals surface area contributed by atoms with Gasteiger partial charge in [0.05, 0.1) is 21.6 Å². The molecule has 1 aliphatic rings. The number of anilines is 2. The third kappa shape index (κ3) is 2.61. The molecule has 1 fully saturated rings. The summed E-state index contributed by atoms with van der Waals surface area (Å²) in [5.41, 5.74) is 10.0. The number of nitrogen functional groups attached to an aromatic ring is 1. The van der Waals surface area contributed by atoms with E-state index in [2.05, 4.69) is 40.5 Å². The van der Waals surface area contributed by atoms with Crippen LogP contribution in [0.1, 0.15) is 18.4 Å². The number of nitrogens with one attached hydrogen (secondary N) is 1. The fraction of sp³-hybridized carbons (Fsp3) is 0.211. The van der Waals surface area contributed by atoms with E-state index < -0.39 is 0 Å². The van der Waals surface area contributed by atoms with Crippen molar-refractivity contribution in [3.05, 3.63) is 47.3 Å². The van der Waals surface area contributed by atoms with Crippen molar-refractivity contribution in [1.29, 1.82) is 0 Å². The predicted molar refractivity (Wildman–Crippen MR) is 106 cm³/mol. The lowest BCUT2D eigenvalue weighted by Crippen LogP contribution is -2.06. The number of aryl methyl sites for hydroxylation is 1. The van der Waals surface area contributed by atoms with Gasteiger partial charge in [0.15, 0.2) is 5.65 Å². The van der Waals surface area contributed by atoms with Crippen molar-refractivity contribution in [3.63, 3.8) is 0 Å². The lowest BCUT2D eigenvalue weighted by atomic mass is 10.2. The zero-order valence-electron chi connectivity index (χ0n) is 14.3. The minimum absolute atomic E-state index is 0.472. The van der Waals surface area contributed by atoms with Crippen molar-refractivity contribution >= 4 is 34.1 Å². The van der Waals surface area contributed by atoms with Gasteiger partial charge in [0.25, 0.3) is 0 Å². The quantitative estimate of drug-likeness (QED) is 0.573. The molecule has 1 aliphatic carbocycles. The van der Waals surface area contributed by atoms with E-state index in [0.29, 0.717) is 23.5 Å². The molecular weight excluding hydrogens is 344 g/mol. The molecule has 1 saturated carbocycles. The first-order chi connectivity index (χ1) is 12.7. The molecule has 130 valence electrons. The highest BCUT2D eigenvalue weighted by atomic mass is 32.1. The largest absolute Gasteiger partial charge is 0.383 e. The zero-order valence-corrected chi connectivity index (χ0v) is 15.1. The van der Waals surface area contributed by atoms with Gasteiger partial charge >= 0.3 is 0 Å². The van der Waals surface area contributed by atoms with Crippen LogP contribution in [0.25, 0.3) is 27.3 Å². The fourth-order valence-electron chi connectivity index (χ4n) is 3.03. The first kappa shape index (κ1) is 15.3. The summed E-state index contributed by atoms with van der Waals surface area (Å²) in [5.74, 6) is 1.18. The average molecular weight is 362 g/mol. The van der Waals surface area contributed by atoms with E-state index in [1.807, 2.05) is 23.6 Å². The Morgan fingerprint density at radius 1 is 1.19 bits per heavy atom. The third-order valence-electron chi connectivity index (χ3n) is 4.48. The molecule has 1 aromatic carbocycles. The van der Waals surface area contributed by atoms with E-state index in [-0.39, 0.29) is 0 Å². The smallest absolute Gasteiger partial charge is 0.225 e. The summed E-state index contributed by atoms with van der Waals surface area (Å²) in [7, 11) is 0. The van der Waals surface area contributed by atoms with Gasteiger partial charge in [-0.2, -0.15) is 4.98 Å². The Balaban J connectivity index is 1.75. The number of thiophene rings is 1. The highest BCUT2D eigenvalue weighted by molar-refractivity contribution is 7.13.